The molecule has 0 bridgehead atoms. The molecule has 1 aromatic carbocycles. The summed E-state index contributed by atoms with van der Waals surface area (Å²) in [4.78, 5) is 13.9. The number of benzene rings is 1. The molecule has 94 valence electrons. The predicted molar refractivity (Wildman–Crippen MR) is 71.5 cm³/mol. The van der Waals surface area contributed by atoms with E-state index in [-0.39, 0.29) is 12.6 Å². The number of aliphatic carboxylic acids is 1. The van der Waals surface area contributed by atoms with Gasteiger partial charge in [-0.3, -0.25) is 9.69 Å². The van der Waals surface area contributed by atoms with Gasteiger partial charge in [-0.05, 0) is 26.0 Å². The molecule has 0 aliphatic carbocycles. The van der Waals surface area contributed by atoms with Gasteiger partial charge in [0, 0.05) is 23.2 Å². The summed E-state index contributed by atoms with van der Waals surface area (Å²) in [5.74, 6) is 0.151. The quantitative estimate of drug-likeness (QED) is 0.758. The molecule has 0 radical (unpaired) electrons. The van der Waals surface area contributed by atoms with E-state index in [2.05, 4.69) is 12.1 Å². The lowest BCUT2D eigenvalue weighted by Crippen LogP contribution is -2.37. The van der Waals surface area contributed by atoms with Crippen LogP contribution in [0.4, 0.5) is 0 Å². The zero-order valence-corrected chi connectivity index (χ0v) is 11.1. The van der Waals surface area contributed by atoms with Crippen LogP contribution in [0, 0.1) is 0 Å². The van der Waals surface area contributed by atoms with Crippen molar-refractivity contribution >= 4 is 17.7 Å². The molecule has 1 aromatic rings. The maximum Gasteiger partial charge on any atom is 0.317 e. The zero-order chi connectivity index (χ0) is 12.7. The summed E-state index contributed by atoms with van der Waals surface area (Å²) in [7, 11) is 0. The van der Waals surface area contributed by atoms with Crippen LogP contribution in [-0.4, -0.2) is 40.9 Å². The normalized spacial score (nSPS) is 11.1. The average molecular weight is 253 g/mol. The van der Waals surface area contributed by atoms with Gasteiger partial charge in [0.2, 0.25) is 0 Å². The Kier molecular flexibility index (Phi) is 6.08. The van der Waals surface area contributed by atoms with Crippen molar-refractivity contribution in [1.82, 2.24) is 4.90 Å². The molecule has 4 heteroatoms. The fraction of sp³-hybridized carbons (Fsp3) is 0.462. The molecule has 3 nitrogen and oxygen atoms in total. The number of thioether (sulfide) groups is 1. The van der Waals surface area contributed by atoms with Crippen LogP contribution in [0.5, 0.6) is 0 Å². The third kappa shape index (κ3) is 5.75. The van der Waals surface area contributed by atoms with Gasteiger partial charge in [-0.2, -0.15) is 0 Å². The van der Waals surface area contributed by atoms with Gasteiger partial charge in [0.05, 0.1) is 6.54 Å². The minimum atomic E-state index is -0.761. The molecular weight excluding hydrogens is 234 g/mol. The predicted octanol–water partition coefficient (Wildman–Crippen LogP) is 2.57. The number of carbonyl (C=O) groups is 1. The lowest BCUT2D eigenvalue weighted by atomic mass is 10.3. The molecule has 0 atom stereocenters. The van der Waals surface area contributed by atoms with Crippen LogP contribution >= 0.6 is 11.8 Å². The molecular formula is C13H19NO2S. The van der Waals surface area contributed by atoms with Gasteiger partial charge in [0.25, 0.3) is 0 Å². The summed E-state index contributed by atoms with van der Waals surface area (Å²) in [5, 5.41) is 8.80. The van der Waals surface area contributed by atoms with Crippen LogP contribution in [0.15, 0.2) is 35.2 Å². The molecule has 0 aromatic heterocycles. The first-order valence-corrected chi connectivity index (χ1v) is 6.72. The van der Waals surface area contributed by atoms with Gasteiger partial charge in [0.1, 0.15) is 0 Å². The van der Waals surface area contributed by atoms with Gasteiger partial charge in [-0.25, -0.2) is 0 Å². The van der Waals surface area contributed by atoms with E-state index in [4.69, 9.17) is 5.11 Å². The van der Waals surface area contributed by atoms with Gasteiger partial charge in [-0.1, -0.05) is 18.2 Å². The number of hydrogen-bond acceptors (Lipinski definition) is 3. The van der Waals surface area contributed by atoms with E-state index in [9.17, 15) is 4.79 Å². The Bertz CT molecular complexity index is 341. The van der Waals surface area contributed by atoms with E-state index in [1.807, 2.05) is 36.9 Å². The molecule has 17 heavy (non-hydrogen) atoms. The lowest BCUT2D eigenvalue weighted by molar-refractivity contribution is -0.138. The summed E-state index contributed by atoms with van der Waals surface area (Å²) < 4.78 is 0. The SMILES string of the molecule is CC(C)N(CCSc1ccccc1)CC(=O)O. The van der Waals surface area contributed by atoms with E-state index in [1.54, 1.807) is 11.8 Å². The Morgan fingerprint density at radius 3 is 2.53 bits per heavy atom. The first-order chi connectivity index (χ1) is 8.09. The Morgan fingerprint density at radius 2 is 2.00 bits per heavy atom. The fourth-order valence-corrected chi connectivity index (χ4v) is 2.40. The largest absolute Gasteiger partial charge is 0.480 e. The summed E-state index contributed by atoms with van der Waals surface area (Å²) in [5.41, 5.74) is 0. The van der Waals surface area contributed by atoms with Crippen molar-refractivity contribution in [2.24, 2.45) is 0 Å². The van der Waals surface area contributed by atoms with Crippen LogP contribution in [0.2, 0.25) is 0 Å². The number of rotatable bonds is 7. The van der Waals surface area contributed by atoms with Crippen molar-refractivity contribution < 1.29 is 9.90 Å². The monoisotopic (exact) mass is 253 g/mol. The van der Waals surface area contributed by atoms with Crippen molar-refractivity contribution in [3.63, 3.8) is 0 Å². The highest BCUT2D eigenvalue weighted by atomic mass is 32.2. The molecule has 0 unspecified atom stereocenters. The summed E-state index contributed by atoms with van der Waals surface area (Å²) in [6, 6.07) is 10.4. The third-order valence-corrected chi connectivity index (χ3v) is 3.45. The molecule has 0 spiro atoms. The Balaban J connectivity index is 2.35. The third-order valence-electron chi connectivity index (χ3n) is 2.46. The molecule has 0 fully saturated rings. The molecule has 1 N–H and O–H groups in total. The second-order valence-corrected chi connectivity index (χ2v) is 5.29. The van der Waals surface area contributed by atoms with E-state index in [0.717, 1.165) is 12.3 Å². The first-order valence-electron chi connectivity index (χ1n) is 5.73. The summed E-state index contributed by atoms with van der Waals surface area (Å²) in [6.07, 6.45) is 0. The average Bonchev–Trinajstić information content (AvgIpc) is 2.28. The molecule has 0 aliphatic heterocycles. The molecule has 0 saturated carbocycles. The van der Waals surface area contributed by atoms with Crippen LogP contribution in [0.3, 0.4) is 0 Å². The fourth-order valence-electron chi connectivity index (χ4n) is 1.49. The van der Waals surface area contributed by atoms with Crippen molar-refractivity contribution in [3.8, 4) is 0 Å². The number of carboxylic acids is 1. The second-order valence-electron chi connectivity index (χ2n) is 4.12. The Labute approximate surface area is 107 Å². The number of carboxylic acid groups (broad SMARTS) is 1. The summed E-state index contributed by atoms with van der Waals surface area (Å²) >= 11 is 1.76. The topological polar surface area (TPSA) is 40.5 Å². The van der Waals surface area contributed by atoms with E-state index < -0.39 is 5.97 Å². The number of nitrogens with zero attached hydrogens (tertiary/aromatic N) is 1. The van der Waals surface area contributed by atoms with Crippen molar-refractivity contribution in [2.75, 3.05) is 18.8 Å². The van der Waals surface area contributed by atoms with Crippen LogP contribution in [0.25, 0.3) is 0 Å². The van der Waals surface area contributed by atoms with Gasteiger partial charge < -0.3 is 5.11 Å². The molecule has 0 saturated heterocycles. The highest BCUT2D eigenvalue weighted by Crippen LogP contribution is 2.17. The van der Waals surface area contributed by atoms with Gasteiger partial charge in [-0.15, -0.1) is 11.8 Å². The van der Waals surface area contributed by atoms with Crippen molar-refractivity contribution in [1.29, 1.82) is 0 Å². The lowest BCUT2D eigenvalue weighted by Gasteiger charge is -2.24. The standard InChI is InChI=1S/C13H19NO2S/c1-11(2)14(10-13(15)16)8-9-17-12-6-4-3-5-7-12/h3-7,11H,8-10H2,1-2H3,(H,15,16). The first kappa shape index (κ1) is 14.1. The zero-order valence-electron chi connectivity index (χ0n) is 10.3. The van der Waals surface area contributed by atoms with Gasteiger partial charge in [0.15, 0.2) is 0 Å². The van der Waals surface area contributed by atoms with Crippen molar-refractivity contribution in [3.05, 3.63) is 30.3 Å². The smallest absolute Gasteiger partial charge is 0.317 e. The minimum absolute atomic E-state index is 0.118. The highest BCUT2D eigenvalue weighted by Gasteiger charge is 2.12. The van der Waals surface area contributed by atoms with Crippen LogP contribution < -0.4 is 0 Å². The Hall–Kier alpha value is -1.00. The van der Waals surface area contributed by atoms with E-state index >= 15 is 0 Å². The Morgan fingerprint density at radius 1 is 1.35 bits per heavy atom. The highest BCUT2D eigenvalue weighted by molar-refractivity contribution is 7.99. The molecule has 0 amide bonds. The van der Waals surface area contributed by atoms with E-state index in [1.165, 1.54) is 4.90 Å². The molecule has 0 heterocycles. The molecule has 0 aliphatic rings. The second kappa shape index (κ2) is 7.35. The maximum absolute atomic E-state index is 10.7. The summed E-state index contributed by atoms with van der Waals surface area (Å²) in [6.45, 7) is 4.96. The van der Waals surface area contributed by atoms with E-state index in [0.29, 0.717) is 0 Å². The number of hydrogen-bond donors (Lipinski definition) is 1. The maximum atomic E-state index is 10.7. The minimum Gasteiger partial charge on any atom is -0.480 e. The van der Waals surface area contributed by atoms with Crippen molar-refractivity contribution in [2.45, 2.75) is 24.8 Å². The van der Waals surface area contributed by atoms with Crippen LogP contribution in [-0.2, 0) is 4.79 Å². The van der Waals surface area contributed by atoms with Crippen LogP contribution in [0.1, 0.15) is 13.8 Å². The molecule has 1 rings (SSSR count). The van der Waals surface area contributed by atoms with Gasteiger partial charge >= 0.3 is 5.97 Å².